The molecule has 0 amide bonds. The Bertz CT molecular complexity index is 558. The molecule has 1 saturated heterocycles. The van der Waals surface area contributed by atoms with Gasteiger partial charge in [-0.25, -0.2) is 0 Å². The van der Waals surface area contributed by atoms with E-state index in [2.05, 4.69) is 0 Å². The lowest BCUT2D eigenvalue weighted by Gasteiger charge is -2.31. The van der Waals surface area contributed by atoms with Gasteiger partial charge in [-0.2, -0.15) is 0 Å². The van der Waals surface area contributed by atoms with Crippen LogP contribution in [0.15, 0.2) is 24.3 Å². The molecule has 4 nitrogen and oxygen atoms in total. The maximum atomic E-state index is 10.8. The van der Waals surface area contributed by atoms with E-state index in [1.165, 1.54) is 0 Å². The average Bonchev–Trinajstić information content (AvgIpc) is 2.73. The van der Waals surface area contributed by atoms with Gasteiger partial charge in [-0.05, 0) is 12.1 Å². The second kappa shape index (κ2) is 4.54. The van der Waals surface area contributed by atoms with Crippen LogP contribution in [0.4, 0.5) is 0 Å². The molecule has 1 aromatic carbocycles. The van der Waals surface area contributed by atoms with Gasteiger partial charge in [0.1, 0.15) is 11.4 Å². The molecule has 2 aliphatic rings. The topological polar surface area (TPSA) is 49.8 Å². The molecule has 100 valence electrons. The fourth-order valence-electron chi connectivity index (χ4n) is 2.67. The molecule has 2 heterocycles. The molecular formula is C14H14ClNO3. The number of halogens is 1. The highest BCUT2D eigenvalue weighted by Gasteiger charge is 2.41. The number of para-hydroxylation sites is 1. The van der Waals surface area contributed by atoms with Crippen LogP contribution in [-0.4, -0.2) is 41.2 Å². The first-order valence-corrected chi connectivity index (χ1v) is 6.57. The van der Waals surface area contributed by atoms with Crippen LogP contribution < -0.4 is 4.74 Å². The molecule has 1 spiro atoms. The van der Waals surface area contributed by atoms with Crippen LogP contribution in [-0.2, 0) is 4.79 Å². The summed E-state index contributed by atoms with van der Waals surface area (Å²) < 4.78 is 6.07. The summed E-state index contributed by atoms with van der Waals surface area (Å²) in [4.78, 5) is 12.6. The van der Waals surface area contributed by atoms with E-state index >= 15 is 0 Å². The Morgan fingerprint density at radius 2 is 2.37 bits per heavy atom. The lowest BCUT2D eigenvalue weighted by Crippen LogP contribution is -2.40. The number of hydrogen-bond acceptors (Lipinski definition) is 3. The minimum atomic E-state index is -0.810. The SMILES string of the molecule is O=C(O)CN1CCC2(C=Cc3cccc(Cl)c3O2)C1. The summed E-state index contributed by atoms with van der Waals surface area (Å²) in [5.41, 5.74) is 0.530. The third kappa shape index (κ3) is 2.33. The fourth-order valence-corrected chi connectivity index (χ4v) is 2.89. The molecule has 1 aromatic rings. The first-order chi connectivity index (χ1) is 9.08. The molecule has 19 heavy (non-hydrogen) atoms. The Balaban J connectivity index is 1.83. The highest BCUT2D eigenvalue weighted by Crippen LogP contribution is 2.40. The molecule has 1 N–H and O–H groups in total. The van der Waals surface area contributed by atoms with E-state index in [-0.39, 0.29) is 6.54 Å². The van der Waals surface area contributed by atoms with Gasteiger partial charge < -0.3 is 9.84 Å². The largest absolute Gasteiger partial charge is 0.480 e. The molecule has 3 rings (SSSR count). The van der Waals surface area contributed by atoms with Gasteiger partial charge >= 0.3 is 5.97 Å². The molecule has 5 heteroatoms. The van der Waals surface area contributed by atoms with Gasteiger partial charge in [-0.1, -0.05) is 29.8 Å². The maximum Gasteiger partial charge on any atom is 0.317 e. The third-order valence-electron chi connectivity index (χ3n) is 3.57. The zero-order valence-electron chi connectivity index (χ0n) is 10.3. The zero-order valence-corrected chi connectivity index (χ0v) is 11.1. The summed E-state index contributed by atoms with van der Waals surface area (Å²) in [5.74, 6) is -0.112. The Morgan fingerprint density at radius 1 is 1.53 bits per heavy atom. The minimum Gasteiger partial charge on any atom is -0.480 e. The van der Waals surface area contributed by atoms with Crippen LogP contribution >= 0.6 is 11.6 Å². The molecule has 2 aliphatic heterocycles. The Morgan fingerprint density at radius 3 is 3.16 bits per heavy atom. The summed E-state index contributed by atoms with van der Waals surface area (Å²) in [5, 5.41) is 9.44. The molecule has 0 radical (unpaired) electrons. The number of likely N-dealkylation sites (tertiary alicyclic amines) is 1. The van der Waals surface area contributed by atoms with Crippen LogP contribution in [0.5, 0.6) is 5.75 Å². The number of benzene rings is 1. The van der Waals surface area contributed by atoms with Crippen molar-refractivity contribution in [2.24, 2.45) is 0 Å². The number of carboxylic acid groups (broad SMARTS) is 1. The van der Waals surface area contributed by atoms with Crippen molar-refractivity contribution < 1.29 is 14.6 Å². The summed E-state index contributed by atoms with van der Waals surface area (Å²) in [7, 11) is 0. The molecule has 0 aliphatic carbocycles. The number of nitrogens with zero attached hydrogens (tertiary/aromatic N) is 1. The summed E-state index contributed by atoms with van der Waals surface area (Å²) in [6.45, 7) is 1.35. The predicted octanol–water partition coefficient (Wildman–Crippen LogP) is 2.27. The molecule has 1 atom stereocenters. The normalized spacial score (nSPS) is 25.3. The van der Waals surface area contributed by atoms with Crippen molar-refractivity contribution in [3.8, 4) is 5.75 Å². The Hall–Kier alpha value is -1.52. The van der Waals surface area contributed by atoms with E-state index in [9.17, 15) is 4.79 Å². The van der Waals surface area contributed by atoms with Crippen LogP contribution in [0.3, 0.4) is 0 Å². The van der Waals surface area contributed by atoms with Gasteiger partial charge in [0.15, 0.2) is 0 Å². The van der Waals surface area contributed by atoms with E-state index in [4.69, 9.17) is 21.4 Å². The minimum absolute atomic E-state index is 0.0499. The molecule has 1 fully saturated rings. The van der Waals surface area contributed by atoms with Gasteiger partial charge in [0.25, 0.3) is 0 Å². The van der Waals surface area contributed by atoms with Crippen molar-refractivity contribution >= 4 is 23.6 Å². The number of carbonyl (C=O) groups is 1. The van der Waals surface area contributed by atoms with Crippen molar-refractivity contribution in [1.29, 1.82) is 0 Å². The third-order valence-corrected chi connectivity index (χ3v) is 3.87. The van der Waals surface area contributed by atoms with Crippen molar-refractivity contribution in [2.45, 2.75) is 12.0 Å². The molecule has 0 bridgehead atoms. The van der Waals surface area contributed by atoms with E-state index in [0.29, 0.717) is 17.3 Å². The summed E-state index contributed by atoms with van der Waals surface area (Å²) >= 11 is 6.16. The van der Waals surface area contributed by atoms with Crippen LogP contribution in [0, 0.1) is 0 Å². The van der Waals surface area contributed by atoms with Crippen LogP contribution in [0.2, 0.25) is 5.02 Å². The van der Waals surface area contributed by atoms with Gasteiger partial charge in [0.2, 0.25) is 0 Å². The summed E-state index contributed by atoms with van der Waals surface area (Å²) in [6.07, 6.45) is 4.81. The molecular weight excluding hydrogens is 266 g/mol. The summed E-state index contributed by atoms with van der Waals surface area (Å²) in [6, 6.07) is 5.64. The highest BCUT2D eigenvalue weighted by molar-refractivity contribution is 6.32. The number of ether oxygens (including phenoxy) is 1. The lowest BCUT2D eigenvalue weighted by molar-refractivity contribution is -0.138. The number of aliphatic carboxylic acids is 1. The zero-order chi connectivity index (χ0) is 13.5. The van der Waals surface area contributed by atoms with Gasteiger partial charge in [-0.15, -0.1) is 0 Å². The Kier molecular flexibility index (Phi) is 2.99. The van der Waals surface area contributed by atoms with Gasteiger partial charge in [0.05, 0.1) is 11.6 Å². The van der Waals surface area contributed by atoms with E-state index in [1.807, 2.05) is 29.2 Å². The van der Waals surface area contributed by atoms with Gasteiger partial charge in [-0.3, -0.25) is 9.69 Å². The first-order valence-electron chi connectivity index (χ1n) is 6.19. The monoisotopic (exact) mass is 279 g/mol. The van der Waals surface area contributed by atoms with Crippen molar-refractivity contribution in [1.82, 2.24) is 4.90 Å². The van der Waals surface area contributed by atoms with Crippen molar-refractivity contribution in [2.75, 3.05) is 19.6 Å². The predicted molar refractivity (Wildman–Crippen MR) is 72.5 cm³/mol. The van der Waals surface area contributed by atoms with E-state index < -0.39 is 11.6 Å². The first kappa shape index (κ1) is 12.5. The average molecular weight is 280 g/mol. The lowest BCUT2D eigenvalue weighted by atomic mass is 9.97. The maximum absolute atomic E-state index is 10.8. The molecule has 0 aromatic heterocycles. The smallest absolute Gasteiger partial charge is 0.317 e. The highest BCUT2D eigenvalue weighted by atomic mass is 35.5. The number of hydrogen-bond donors (Lipinski definition) is 1. The van der Waals surface area contributed by atoms with Crippen LogP contribution in [0.25, 0.3) is 6.08 Å². The van der Waals surface area contributed by atoms with Gasteiger partial charge in [0, 0.05) is 25.1 Å². The Labute approximate surface area is 116 Å². The van der Waals surface area contributed by atoms with Crippen molar-refractivity contribution in [3.63, 3.8) is 0 Å². The quantitative estimate of drug-likeness (QED) is 0.902. The fraction of sp³-hybridized carbons (Fsp3) is 0.357. The second-order valence-electron chi connectivity index (χ2n) is 5.01. The van der Waals surface area contributed by atoms with E-state index in [1.54, 1.807) is 6.07 Å². The number of carboxylic acids is 1. The number of rotatable bonds is 2. The molecule has 1 unspecified atom stereocenters. The molecule has 0 saturated carbocycles. The number of fused-ring (bicyclic) bond motifs is 1. The standard InChI is InChI=1S/C14H14ClNO3/c15-11-3-1-2-10-4-5-14(19-13(10)11)6-7-16(9-14)8-12(17)18/h1-5H,6-9H2,(H,17,18). The van der Waals surface area contributed by atoms with Crippen molar-refractivity contribution in [3.05, 3.63) is 34.9 Å². The van der Waals surface area contributed by atoms with E-state index in [0.717, 1.165) is 18.5 Å². The second-order valence-corrected chi connectivity index (χ2v) is 5.42. The van der Waals surface area contributed by atoms with Crippen LogP contribution in [0.1, 0.15) is 12.0 Å².